The minimum Gasteiger partial charge on any atom is -0.368 e. The lowest BCUT2D eigenvalue weighted by Gasteiger charge is -2.21. The molecule has 152 valence electrons. The van der Waals surface area contributed by atoms with Crippen molar-refractivity contribution in [2.75, 3.05) is 0 Å². The van der Waals surface area contributed by atoms with Gasteiger partial charge in [0.15, 0.2) is 0 Å². The number of hydrogen-bond acceptors (Lipinski definition) is 3. The number of primary amides is 1. The third-order valence-electron chi connectivity index (χ3n) is 4.19. The zero-order chi connectivity index (χ0) is 21.2. The molecule has 0 saturated heterocycles. The summed E-state index contributed by atoms with van der Waals surface area (Å²) in [4.78, 5) is 35.9. The first-order valence-electron chi connectivity index (χ1n) is 9.18. The van der Waals surface area contributed by atoms with E-state index in [-0.39, 0.29) is 12.8 Å². The van der Waals surface area contributed by atoms with Crippen LogP contribution in [-0.4, -0.2) is 29.8 Å². The monoisotopic (exact) mass is 397 g/mol. The van der Waals surface area contributed by atoms with Gasteiger partial charge < -0.3 is 16.4 Å². The van der Waals surface area contributed by atoms with Crippen LogP contribution in [0.25, 0.3) is 6.08 Å². The number of benzene rings is 2. The average Bonchev–Trinajstić information content (AvgIpc) is 2.68. The van der Waals surface area contributed by atoms with E-state index in [1.165, 1.54) is 31.2 Å². The summed E-state index contributed by atoms with van der Waals surface area (Å²) in [6.07, 6.45) is 3.93. The van der Waals surface area contributed by atoms with Crippen molar-refractivity contribution in [3.8, 4) is 0 Å². The molecular weight excluding hydrogens is 373 g/mol. The summed E-state index contributed by atoms with van der Waals surface area (Å²) in [5.74, 6) is -2.01. The van der Waals surface area contributed by atoms with Gasteiger partial charge in [-0.25, -0.2) is 4.39 Å². The maximum atomic E-state index is 13.1. The maximum absolute atomic E-state index is 13.1. The van der Waals surface area contributed by atoms with Gasteiger partial charge in [0.25, 0.3) is 0 Å². The summed E-state index contributed by atoms with van der Waals surface area (Å²) in [6, 6.07) is 13.3. The molecule has 7 heteroatoms. The molecule has 2 atom stereocenters. The van der Waals surface area contributed by atoms with Gasteiger partial charge in [-0.15, -0.1) is 0 Å². The fourth-order valence-corrected chi connectivity index (χ4v) is 2.73. The van der Waals surface area contributed by atoms with E-state index < -0.39 is 35.6 Å². The van der Waals surface area contributed by atoms with E-state index in [1.54, 1.807) is 6.08 Å². The minimum absolute atomic E-state index is 0.150. The molecular formula is C22H24FN3O3. The van der Waals surface area contributed by atoms with Crippen LogP contribution < -0.4 is 16.4 Å². The molecule has 0 aliphatic carbocycles. The van der Waals surface area contributed by atoms with Crippen LogP contribution >= 0.6 is 0 Å². The Hall–Kier alpha value is -3.48. The highest BCUT2D eigenvalue weighted by Gasteiger charge is 2.24. The standard InChI is InChI=1S/C22H24FN3O3/c1-15(27)25-20(14-17-10-12-18(23)13-11-17)22(29)26-19(21(24)28)9-5-8-16-6-3-2-4-7-16/h2-8,10-13,19-20H,9,14H2,1H3,(H2,24,28)(H,25,27)(H,26,29)/b8-5+/t19-,20-/m0/s1. The molecule has 0 radical (unpaired) electrons. The van der Waals surface area contributed by atoms with Gasteiger partial charge in [-0.05, 0) is 29.7 Å². The lowest BCUT2D eigenvalue weighted by Crippen LogP contribution is -2.53. The van der Waals surface area contributed by atoms with Crippen LogP contribution in [0.15, 0.2) is 60.7 Å². The Bertz CT molecular complexity index is 867. The molecule has 29 heavy (non-hydrogen) atoms. The van der Waals surface area contributed by atoms with Crippen molar-refractivity contribution in [2.24, 2.45) is 5.73 Å². The number of rotatable bonds is 9. The fraction of sp³-hybridized carbons (Fsp3) is 0.227. The summed E-state index contributed by atoms with van der Waals surface area (Å²) >= 11 is 0. The second-order valence-corrected chi connectivity index (χ2v) is 6.60. The molecule has 0 unspecified atom stereocenters. The molecule has 2 aromatic carbocycles. The second kappa shape index (κ2) is 10.8. The topological polar surface area (TPSA) is 101 Å². The zero-order valence-corrected chi connectivity index (χ0v) is 16.1. The first-order valence-corrected chi connectivity index (χ1v) is 9.18. The second-order valence-electron chi connectivity index (χ2n) is 6.60. The van der Waals surface area contributed by atoms with Crippen LogP contribution in [0.1, 0.15) is 24.5 Å². The minimum atomic E-state index is -0.924. The normalized spacial score (nSPS) is 12.9. The lowest BCUT2D eigenvalue weighted by atomic mass is 10.0. The molecule has 0 fully saturated rings. The van der Waals surface area contributed by atoms with E-state index in [4.69, 9.17) is 5.73 Å². The molecule has 0 spiro atoms. The van der Waals surface area contributed by atoms with Crippen molar-refractivity contribution in [1.82, 2.24) is 10.6 Å². The first-order chi connectivity index (χ1) is 13.8. The Labute approximate surface area is 169 Å². The Morgan fingerprint density at radius 1 is 1.00 bits per heavy atom. The average molecular weight is 397 g/mol. The Balaban J connectivity index is 2.04. The molecule has 0 aliphatic rings. The van der Waals surface area contributed by atoms with Crippen LogP contribution in [0.4, 0.5) is 4.39 Å². The van der Waals surface area contributed by atoms with Gasteiger partial charge in [0.1, 0.15) is 17.9 Å². The number of nitrogens with two attached hydrogens (primary N) is 1. The zero-order valence-electron chi connectivity index (χ0n) is 16.1. The largest absolute Gasteiger partial charge is 0.368 e. The van der Waals surface area contributed by atoms with Crippen molar-refractivity contribution < 1.29 is 18.8 Å². The molecule has 6 nitrogen and oxygen atoms in total. The highest BCUT2D eigenvalue weighted by molar-refractivity contribution is 5.91. The van der Waals surface area contributed by atoms with Crippen molar-refractivity contribution in [2.45, 2.75) is 31.8 Å². The molecule has 3 amide bonds. The number of nitrogens with one attached hydrogen (secondary N) is 2. The van der Waals surface area contributed by atoms with E-state index in [2.05, 4.69) is 10.6 Å². The van der Waals surface area contributed by atoms with E-state index in [0.29, 0.717) is 5.56 Å². The third-order valence-corrected chi connectivity index (χ3v) is 4.19. The van der Waals surface area contributed by atoms with Gasteiger partial charge in [-0.3, -0.25) is 14.4 Å². The molecule has 0 heterocycles. The third kappa shape index (κ3) is 7.57. The van der Waals surface area contributed by atoms with Gasteiger partial charge >= 0.3 is 0 Å². The molecule has 2 rings (SSSR count). The Kier molecular flexibility index (Phi) is 8.09. The molecule has 0 saturated carbocycles. The molecule has 0 aromatic heterocycles. The molecule has 4 N–H and O–H groups in total. The van der Waals surface area contributed by atoms with E-state index in [9.17, 15) is 18.8 Å². The molecule has 0 bridgehead atoms. The predicted molar refractivity (Wildman–Crippen MR) is 109 cm³/mol. The van der Waals surface area contributed by atoms with Crippen LogP contribution in [0, 0.1) is 5.82 Å². The summed E-state index contributed by atoms with van der Waals surface area (Å²) in [6.45, 7) is 1.29. The van der Waals surface area contributed by atoms with Gasteiger partial charge in [-0.1, -0.05) is 54.6 Å². The predicted octanol–water partition coefficient (Wildman–Crippen LogP) is 1.95. The van der Waals surface area contributed by atoms with Crippen LogP contribution in [0.2, 0.25) is 0 Å². The quantitative estimate of drug-likeness (QED) is 0.603. The van der Waals surface area contributed by atoms with Crippen molar-refractivity contribution in [1.29, 1.82) is 0 Å². The van der Waals surface area contributed by atoms with Gasteiger partial charge in [0, 0.05) is 13.3 Å². The summed E-state index contributed by atoms with van der Waals surface area (Å²) in [5, 5.41) is 5.14. The Morgan fingerprint density at radius 3 is 2.24 bits per heavy atom. The van der Waals surface area contributed by atoms with Crippen molar-refractivity contribution in [3.63, 3.8) is 0 Å². The highest BCUT2D eigenvalue weighted by atomic mass is 19.1. The summed E-state index contributed by atoms with van der Waals surface area (Å²) in [7, 11) is 0. The SMILES string of the molecule is CC(=O)N[C@@H](Cc1ccc(F)cc1)C(=O)N[C@@H](C/C=C/c1ccccc1)C(N)=O. The Morgan fingerprint density at radius 2 is 1.66 bits per heavy atom. The number of carbonyl (C=O) groups excluding carboxylic acids is 3. The van der Waals surface area contributed by atoms with E-state index in [0.717, 1.165) is 5.56 Å². The summed E-state index contributed by atoms with van der Waals surface area (Å²) in [5.41, 5.74) is 7.04. The number of carbonyl (C=O) groups is 3. The van der Waals surface area contributed by atoms with Crippen LogP contribution in [-0.2, 0) is 20.8 Å². The number of hydrogen-bond donors (Lipinski definition) is 3. The number of halogens is 1. The molecule has 0 aliphatic heterocycles. The van der Waals surface area contributed by atoms with Crippen LogP contribution in [0.5, 0.6) is 0 Å². The highest BCUT2D eigenvalue weighted by Crippen LogP contribution is 2.08. The van der Waals surface area contributed by atoms with E-state index in [1.807, 2.05) is 36.4 Å². The van der Waals surface area contributed by atoms with E-state index >= 15 is 0 Å². The first kappa shape index (κ1) is 21.8. The summed E-state index contributed by atoms with van der Waals surface area (Å²) < 4.78 is 13.1. The van der Waals surface area contributed by atoms with Crippen LogP contribution in [0.3, 0.4) is 0 Å². The smallest absolute Gasteiger partial charge is 0.243 e. The fourth-order valence-electron chi connectivity index (χ4n) is 2.73. The molecule has 2 aromatic rings. The lowest BCUT2D eigenvalue weighted by molar-refractivity contribution is -0.130. The van der Waals surface area contributed by atoms with Gasteiger partial charge in [0.05, 0.1) is 0 Å². The number of amides is 3. The van der Waals surface area contributed by atoms with Crippen molar-refractivity contribution in [3.05, 3.63) is 77.6 Å². The van der Waals surface area contributed by atoms with Gasteiger partial charge in [-0.2, -0.15) is 0 Å². The van der Waals surface area contributed by atoms with Gasteiger partial charge in [0.2, 0.25) is 17.7 Å². The van der Waals surface area contributed by atoms with Crippen molar-refractivity contribution >= 4 is 23.8 Å². The maximum Gasteiger partial charge on any atom is 0.243 e.